The molecule has 0 atom stereocenters. The molecule has 0 radical (unpaired) electrons. The zero-order chi connectivity index (χ0) is 16.0. The quantitative estimate of drug-likeness (QED) is 0.756. The molecule has 0 aliphatic heterocycles. The second-order valence-electron chi connectivity index (χ2n) is 5.71. The van der Waals surface area contributed by atoms with Crippen LogP contribution in [-0.2, 0) is 14.6 Å². The van der Waals surface area contributed by atoms with Crippen LogP contribution in [0.5, 0.6) is 0 Å². The van der Waals surface area contributed by atoms with Crippen molar-refractivity contribution in [3.63, 3.8) is 0 Å². The van der Waals surface area contributed by atoms with Crippen LogP contribution in [0.2, 0.25) is 0 Å². The van der Waals surface area contributed by atoms with Gasteiger partial charge in [-0.1, -0.05) is 13.8 Å². The SMILES string of the molecule is Cc1cc(N)ccc1NC(=O)CCS(=O)(=O)CCC(C)C. The molecule has 0 saturated carbocycles. The van der Waals surface area contributed by atoms with Crippen LogP contribution < -0.4 is 11.1 Å². The zero-order valence-corrected chi connectivity index (χ0v) is 13.7. The molecule has 6 heteroatoms. The lowest BCUT2D eigenvalue weighted by molar-refractivity contribution is -0.115. The number of rotatable bonds is 7. The summed E-state index contributed by atoms with van der Waals surface area (Å²) >= 11 is 0. The number of hydrogen-bond donors (Lipinski definition) is 2. The number of aryl methyl sites for hydroxylation is 1. The molecule has 0 heterocycles. The number of hydrogen-bond acceptors (Lipinski definition) is 4. The van der Waals surface area contributed by atoms with Gasteiger partial charge in [-0.15, -0.1) is 0 Å². The highest BCUT2D eigenvalue weighted by Crippen LogP contribution is 2.17. The van der Waals surface area contributed by atoms with Crippen LogP contribution in [0.15, 0.2) is 18.2 Å². The van der Waals surface area contributed by atoms with Gasteiger partial charge < -0.3 is 11.1 Å². The Bertz CT molecular complexity index is 595. The van der Waals surface area contributed by atoms with Crippen LogP contribution in [0, 0.1) is 12.8 Å². The standard InChI is InChI=1S/C15H24N2O3S/c1-11(2)6-8-21(19,20)9-7-15(18)17-14-5-4-13(16)10-12(14)3/h4-5,10-11H,6-9,16H2,1-3H3,(H,17,18). The molecule has 0 aliphatic rings. The number of carbonyl (C=O) groups is 1. The molecular weight excluding hydrogens is 288 g/mol. The van der Waals surface area contributed by atoms with Crippen LogP contribution >= 0.6 is 0 Å². The van der Waals surface area contributed by atoms with Gasteiger partial charge in [0.2, 0.25) is 5.91 Å². The number of anilines is 2. The molecule has 1 aromatic rings. The van der Waals surface area contributed by atoms with Crippen LogP contribution in [0.3, 0.4) is 0 Å². The van der Waals surface area contributed by atoms with E-state index < -0.39 is 9.84 Å². The molecule has 21 heavy (non-hydrogen) atoms. The lowest BCUT2D eigenvalue weighted by Gasteiger charge is -2.10. The molecule has 0 fully saturated rings. The predicted molar refractivity (Wildman–Crippen MR) is 86.9 cm³/mol. The highest BCUT2D eigenvalue weighted by atomic mass is 32.2. The maximum atomic E-state index is 11.8. The Morgan fingerprint density at radius 2 is 1.95 bits per heavy atom. The van der Waals surface area contributed by atoms with E-state index in [1.54, 1.807) is 18.2 Å². The maximum Gasteiger partial charge on any atom is 0.225 e. The summed E-state index contributed by atoms with van der Waals surface area (Å²) in [4.78, 5) is 11.8. The van der Waals surface area contributed by atoms with Crippen LogP contribution in [0.25, 0.3) is 0 Å². The average Bonchev–Trinajstić information content (AvgIpc) is 2.38. The Labute approximate surface area is 126 Å². The van der Waals surface area contributed by atoms with Crippen LogP contribution in [-0.4, -0.2) is 25.8 Å². The topological polar surface area (TPSA) is 89.3 Å². The van der Waals surface area contributed by atoms with Crippen molar-refractivity contribution in [1.82, 2.24) is 0 Å². The van der Waals surface area contributed by atoms with E-state index in [4.69, 9.17) is 5.73 Å². The van der Waals surface area contributed by atoms with Gasteiger partial charge in [0.25, 0.3) is 0 Å². The van der Waals surface area contributed by atoms with Crippen molar-refractivity contribution in [3.8, 4) is 0 Å². The normalized spacial score (nSPS) is 11.6. The van der Waals surface area contributed by atoms with E-state index in [1.165, 1.54) is 0 Å². The third kappa shape index (κ3) is 6.62. The Morgan fingerprint density at radius 3 is 2.52 bits per heavy atom. The van der Waals surface area contributed by atoms with Crippen LogP contribution in [0.1, 0.15) is 32.3 Å². The van der Waals surface area contributed by atoms with Crippen molar-refractivity contribution < 1.29 is 13.2 Å². The molecule has 0 saturated heterocycles. The summed E-state index contributed by atoms with van der Waals surface area (Å²) < 4.78 is 23.6. The van der Waals surface area contributed by atoms with E-state index in [-0.39, 0.29) is 23.8 Å². The largest absolute Gasteiger partial charge is 0.399 e. The minimum atomic E-state index is -3.16. The molecule has 0 unspecified atom stereocenters. The van der Waals surface area contributed by atoms with Gasteiger partial charge in [-0.2, -0.15) is 0 Å². The lowest BCUT2D eigenvalue weighted by Crippen LogP contribution is -2.20. The molecule has 0 aromatic heterocycles. The van der Waals surface area contributed by atoms with E-state index >= 15 is 0 Å². The highest BCUT2D eigenvalue weighted by molar-refractivity contribution is 7.91. The number of benzene rings is 1. The fraction of sp³-hybridized carbons (Fsp3) is 0.533. The summed E-state index contributed by atoms with van der Waals surface area (Å²) in [7, 11) is -3.16. The number of nitrogens with one attached hydrogen (secondary N) is 1. The highest BCUT2D eigenvalue weighted by Gasteiger charge is 2.14. The molecule has 1 amide bonds. The molecule has 1 aromatic carbocycles. The summed E-state index contributed by atoms with van der Waals surface area (Å²) in [6.07, 6.45) is 0.602. The predicted octanol–water partition coefficient (Wildman–Crippen LogP) is 2.37. The summed E-state index contributed by atoms with van der Waals surface area (Å²) in [5.41, 5.74) is 7.78. The summed E-state index contributed by atoms with van der Waals surface area (Å²) in [6, 6.07) is 5.17. The molecule has 1 rings (SSSR count). The first-order chi connectivity index (χ1) is 9.69. The second kappa shape index (κ2) is 7.45. The molecule has 0 spiro atoms. The van der Waals surface area contributed by atoms with Gasteiger partial charge >= 0.3 is 0 Å². The van der Waals surface area contributed by atoms with Gasteiger partial charge in [-0.25, -0.2) is 8.42 Å². The maximum absolute atomic E-state index is 11.8. The van der Waals surface area contributed by atoms with E-state index in [9.17, 15) is 13.2 Å². The number of nitrogen functional groups attached to an aromatic ring is 1. The molecular formula is C15H24N2O3S. The molecule has 3 N–H and O–H groups in total. The van der Waals surface area contributed by atoms with Crippen molar-refractivity contribution in [2.75, 3.05) is 22.6 Å². The van der Waals surface area contributed by atoms with Gasteiger partial charge in [0.15, 0.2) is 9.84 Å². The van der Waals surface area contributed by atoms with Crippen LogP contribution in [0.4, 0.5) is 11.4 Å². The van der Waals surface area contributed by atoms with E-state index in [0.29, 0.717) is 23.7 Å². The zero-order valence-electron chi connectivity index (χ0n) is 12.8. The second-order valence-corrected chi connectivity index (χ2v) is 8.01. The van der Waals surface area contributed by atoms with E-state index in [0.717, 1.165) is 5.56 Å². The van der Waals surface area contributed by atoms with Gasteiger partial charge in [0.05, 0.1) is 11.5 Å². The van der Waals surface area contributed by atoms with Crippen molar-refractivity contribution in [3.05, 3.63) is 23.8 Å². The first kappa shape index (κ1) is 17.5. The lowest BCUT2D eigenvalue weighted by atomic mass is 10.2. The Hall–Kier alpha value is -1.56. The summed E-state index contributed by atoms with van der Waals surface area (Å²) in [6.45, 7) is 5.80. The van der Waals surface area contributed by atoms with Crippen molar-refractivity contribution in [2.24, 2.45) is 5.92 Å². The van der Waals surface area contributed by atoms with Crippen molar-refractivity contribution >= 4 is 27.1 Å². The number of carbonyl (C=O) groups excluding carboxylic acids is 1. The van der Waals surface area contributed by atoms with E-state index in [2.05, 4.69) is 5.32 Å². The Kier molecular flexibility index (Phi) is 6.20. The van der Waals surface area contributed by atoms with Gasteiger partial charge in [0, 0.05) is 17.8 Å². The Morgan fingerprint density at radius 1 is 1.29 bits per heavy atom. The van der Waals surface area contributed by atoms with Gasteiger partial charge in [-0.3, -0.25) is 4.79 Å². The molecule has 0 aliphatic carbocycles. The molecule has 118 valence electrons. The van der Waals surface area contributed by atoms with Crippen molar-refractivity contribution in [1.29, 1.82) is 0 Å². The molecule has 0 bridgehead atoms. The summed E-state index contributed by atoms with van der Waals surface area (Å²) in [5, 5.41) is 2.72. The summed E-state index contributed by atoms with van der Waals surface area (Å²) in [5.74, 6) is 0.0697. The third-order valence-electron chi connectivity index (χ3n) is 3.17. The first-order valence-corrected chi connectivity index (χ1v) is 8.88. The number of amides is 1. The number of nitrogens with two attached hydrogens (primary N) is 1. The minimum Gasteiger partial charge on any atom is -0.399 e. The Balaban J connectivity index is 2.51. The first-order valence-electron chi connectivity index (χ1n) is 7.06. The minimum absolute atomic E-state index is 0.0236. The van der Waals surface area contributed by atoms with E-state index in [1.807, 2.05) is 20.8 Å². The fourth-order valence-electron chi connectivity index (χ4n) is 1.81. The molecule has 5 nitrogen and oxygen atoms in total. The smallest absolute Gasteiger partial charge is 0.225 e. The average molecular weight is 312 g/mol. The van der Waals surface area contributed by atoms with Gasteiger partial charge in [0.1, 0.15) is 0 Å². The van der Waals surface area contributed by atoms with Gasteiger partial charge in [-0.05, 0) is 43.0 Å². The number of sulfone groups is 1. The fourth-order valence-corrected chi connectivity index (χ4v) is 3.34. The third-order valence-corrected chi connectivity index (χ3v) is 4.85. The monoisotopic (exact) mass is 312 g/mol. The van der Waals surface area contributed by atoms with Crippen molar-refractivity contribution in [2.45, 2.75) is 33.6 Å².